The van der Waals surface area contributed by atoms with Gasteiger partial charge in [0, 0.05) is 34.4 Å². The lowest BCUT2D eigenvalue weighted by Crippen LogP contribution is -2.36. The molecular weight excluding hydrogens is 358 g/mol. The standard InChI is InChI=1S/C15H25N7OS2/c1-11-13(20-9-18-11)7-24-5-3-17-15(16)22(23)4-6-25-8-14-12(2)19-10-21-14/h9-10,23H,3-8H2,1-2H3,(H2,16,17)(H,18,20)(H,19,21). The van der Waals surface area contributed by atoms with Crippen molar-refractivity contribution in [3.63, 3.8) is 0 Å². The Balaban J connectivity index is 1.57. The highest BCUT2D eigenvalue weighted by Crippen LogP contribution is 2.13. The molecule has 0 atom stereocenters. The molecule has 0 bridgehead atoms. The molecule has 10 heteroatoms. The number of aryl methyl sites for hydroxylation is 2. The van der Waals surface area contributed by atoms with Crippen LogP contribution >= 0.6 is 23.5 Å². The Morgan fingerprint density at radius 2 is 1.68 bits per heavy atom. The minimum Gasteiger partial charge on any atom is -0.368 e. The van der Waals surface area contributed by atoms with Crippen LogP contribution in [0.3, 0.4) is 0 Å². The Morgan fingerprint density at radius 1 is 1.12 bits per heavy atom. The van der Waals surface area contributed by atoms with Crippen LogP contribution in [-0.4, -0.2) is 60.8 Å². The van der Waals surface area contributed by atoms with Crippen molar-refractivity contribution in [2.24, 2.45) is 10.7 Å². The van der Waals surface area contributed by atoms with Gasteiger partial charge in [0.1, 0.15) is 0 Å². The van der Waals surface area contributed by atoms with Gasteiger partial charge in [0.15, 0.2) is 0 Å². The second kappa shape index (κ2) is 10.4. The number of thioether (sulfide) groups is 2. The molecule has 0 saturated carbocycles. The van der Waals surface area contributed by atoms with Gasteiger partial charge < -0.3 is 15.7 Å². The number of rotatable bonds is 10. The van der Waals surface area contributed by atoms with Crippen LogP contribution in [0.15, 0.2) is 17.6 Å². The summed E-state index contributed by atoms with van der Waals surface area (Å²) in [6, 6.07) is 0. The summed E-state index contributed by atoms with van der Waals surface area (Å²) in [6.07, 6.45) is 3.40. The van der Waals surface area contributed by atoms with E-state index in [0.29, 0.717) is 13.1 Å². The summed E-state index contributed by atoms with van der Waals surface area (Å²) < 4.78 is 0. The average molecular weight is 384 g/mol. The van der Waals surface area contributed by atoms with Gasteiger partial charge in [-0.2, -0.15) is 23.5 Å². The Morgan fingerprint density at radius 3 is 2.20 bits per heavy atom. The fourth-order valence-corrected chi connectivity index (χ4v) is 3.75. The second-order valence-electron chi connectivity index (χ2n) is 5.42. The maximum Gasteiger partial charge on any atom is 0.215 e. The smallest absolute Gasteiger partial charge is 0.215 e. The zero-order valence-corrected chi connectivity index (χ0v) is 16.2. The Hall–Kier alpha value is -1.65. The molecular formula is C15H25N7OS2. The lowest BCUT2D eigenvalue weighted by molar-refractivity contribution is -0.00988. The number of hydrogen-bond donors (Lipinski definition) is 4. The zero-order chi connectivity index (χ0) is 18.1. The lowest BCUT2D eigenvalue weighted by atomic mass is 10.4. The maximum absolute atomic E-state index is 9.89. The molecule has 0 saturated heterocycles. The third kappa shape index (κ3) is 6.63. The van der Waals surface area contributed by atoms with E-state index >= 15 is 0 Å². The van der Waals surface area contributed by atoms with E-state index in [1.807, 2.05) is 13.8 Å². The van der Waals surface area contributed by atoms with E-state index in [0.717, 1.165) is 50.9 Å². The predicted molar refractivity (Wildman–Crippen MR) is 104 cm³/mol. The van der Waals surface area contributed by atoms with Gasteiger partial charge in [-0.25, -0.2) is 15.0 Å². The summed E-state index contributed by atoms with van der Waals surface area (Å²) in [6.45, 7) is 5.01. The molecule has 25 heavy (non-hydrogen) atoms. The number of guanidine groups is 1. The quantitative estimate of drug-likeness (QED) is 0.214. The third-order valence-corrected chi connectivity index (χ3v) is 5.47. The Kier molecular flexibility index (Phi) is 8.16. The van der Waals surface area contributed by atoms with E-state index in [1.165, 1.54) is 0 Å². The highest BCUT2D eigenvalue weighted by Gasteiger charge is 2.06. The van der Waals surface area contributed by atoms with Crippen molar-refractivity contribution in [1.82, 2.24) is 25.0 Å². The molecule has 2 aromatic heterocycles. The average Bonchev–Trinajstić information content (AvgIpc) is 3.19. The molecule has 2 rings (SSSR count). The van der Waals surface area contributed by atoms with Crippen LogP contribution in [0.4, 0.5) is 0 Å². The molecule has 0 aliphatic rings. The summed E-state index contributed by atoms with van der Waals surface area (Å²) >= 11 is 3.43. The maximum atomic E-state index is 9.89. The largest absolute Gasteiger partial charge is 0.368 e. The first-order valence-corrected chi connectivity index (χ1v) is 10.3. The number of hydroxylamine groups is 2. The fraction of sp³-hybridized carbons (Fsp3) is 0.533. The van der Waals surface area contributed by atoms with Crippen LogP contribution < -0.4 is 5.73 Å². The van der Waals surface area contributed by atoms with Crippen LogP contribution in [-0.2, 0) is 11.5 Å². The molecule has 138 valence electrons. The Labute approximate surface area is 156 Å². The number of imidazole rings is 2. The van der Waals surface area contributed by atoms with Crippen molar-refractivity contribution >= 4 is 29.5 Å². The molecule has 5 N–H and O–H groups in total. The first-order valence-electron chi connectivity index (χ1n) is 7.97. The monoisotopic (exact) mass is 383 g/mol. The van der Waals surface area contributed by atoms with Crippen molar-refractivity contribution < 1.29 is 5.21 Å². The number of aromatic nitrogens is 4. The summed E-state index contributed by atoms with van der Waals surface area (Å²) in [5.74, 6) is 3.38. The van der Waals surface area contributed by atoms with E-state index in [2.05, 4.69) is 24.9 Å². The van der Waals surface area contributed by atoms with Crippen molar-refractivity contribution in [3.8, 4) is 0 Å². The van der Waals surface area contributed by atoms with Crippen LogP contribution in [0, 0.1) is 13.8 Å². The summed E-state index contributed by atoms with van der Waals surface area (Å²) in [4.78, 5) is 18.8. The van der Waals surface area contributed by atoms with Crippen molar-refractivity contribution in [2.45, 2.75) is 25.4 Å². The number of aliphatic imine (C=N–C) groups is 1. The summed E-state index contributed by atoms with van der Waals surface area (Å²) in [7, 11) is 0. The molecule has 8 nitrogen and oxygen atoms in total. The van der Waals surface area contributed by atoms with Gasteiger partial charge in [-0.15, -0.1) is 0 Å². The first kappa shape index (κ1) is 19.7. The molecule has 0 aliphatic carbocycles. The highest BCUT2D eigenvalue weighted by atomic mass is 32.2. The zero-order valence-electron chi connectivity index (χ0n) is 14.5. The summed E-state index contributed by atoms with van der Waals surface area (Å²) in [5, 5.41) is 10.9. The number of nitrogens with zero attached hydrogens (tertiary/aromatic N) is 4. The van der Waals surface area contributed by atoms with Crippen molar-refractivity contribution in [3.05, 3.63) is 35.4 Å². The Bertz CT molecular complexity index is 670. The number of nitrogens with one attached hydrogen (secondary N) is 2. The van der Waals surface area contributed by atoms with Crippen molar-refractivity contribution in [1.29, 1.82) is 0 Å². The molecule has 0 unspecified atom stereocenters. The number of H-pyrrole nitrogens is 2. The lowest BCUT2D eigenvalue weighted by Gasteiger charge is -2.15. The van der Waals surface area contributed by atoms with Gasteiger partial charge in [0.25, 0.3) is 0 Å². The van der Waals surface area contributed by atoms with E-state index in [4.69, 9.17) is 5.73 Å². The molecule has 0 aliphatic heterocycles. The van der Waals surface area contributed by atoms with Crippen LogP contribution in [0.5, 0.6) is 0 Å². The van der Waals surface area contributed by atoms with Crippen molar-refractivity contribution in [2.75, 3.05) is 24.6 Å². The topological polar surface area (TPSA) is 119 Å². The second-order valence-corrected chi connectivity index (χ2v) is 7.63. The first-order chi connectivity index (χ1) is 12.1. The summed E-state index contributed by atoms with van der Waals surface area (Å²) in [5.41, 5.74) is 10.1. The highest BCUT2D eigenvalue weighted by molar-refractivity contribution is 7.98. The fourth-order valence-electron chi connectivity index (χ4n) is 1.97. The molecule has 0 amide bonds. The van der Waals surface area contributed by atoms with Gasteiger partial charge in [-0.3, -0.25) is 10.2 Å². The van der Waals surface area contributed by atoms with E-state index < -0.39 is 0 Å². The minimum atomic E-state index is 0.160. The van der Waals surface area contributed by atoms with E-state index in [-0.39, 0.29) is 5.96 Å². The molecule has 0 radical (unpaired) electrons. The molecule has 0 spiro atoms. The van der Waals surface area contributed by atoms with Crippen LogP contribution in [0.2, 0.25) is 0 Å². The molecule has 2 heterocycles. The minimum absolute atomic E-state index is 0.160. The van der Waals surface area contributed by atoms with Gasteiger partial charge in [-0.05, 0) is 13.8 Å². The normalized spacial score (nSPS) is 11.9. The SMILES string of the molecule is Cc1[nH]cnc1CSCCN=C(N)N(O)CCSCc1nc[nH]c1C. The van der Waals surface area contributed by atoms with Gasteiger partial charge in [-0.1, -0.05) is 0 Å². The van der Waals surface area contributed by atoms with E-state index in [9.17, 15) is 5.21 Å². The van der Waals surface area contributed by atoms with Gasteiger partial charge >= 0.3 is 0 Å². The number of hydrogen-bond acceptors (Lipinski definition) is 6. The molecule has 0 fully saturated rings. The number of aromatic amines is 2. The van der Waals surface area contributed by atoms with E-state index in [1.54, 1.807) is 36.2 Å². The third-order valence-electron chi connectivity index (χ3n) is 3.57. The number of nitrogens with two attached hydrogens (primary N) is 1. The van der Waals surface area contributed by atoms with Gasteiger partial charge in [0.2, 0.25) is 5.96 Å². The molecule has 2 aromatic rings. The molecule has 0 aromatic carbocycles. The van der Waals surface area contributed by atoms with Crippen LogP contribution in [0.1, 0.15) is 22.8 Å². The van der Waals surface area contributed by atoms with Crippen LogP contribution in [0.25, 0.3) is 0 Å². The predicted octanol–water partition coefficient (Wildman–Crippen LogP) is 1.92. The van der Waals surface area contributed by atoms with Gasteiger partial charge in [0.05, 0.1) is 37.1 Å².